The zero-order valence-corrected chi connectivity index (χ0v) is 20.5. The number of nitrogens with zero attached hydrogens (tertiary/aromatic N) is 4. The number of nitrogens with one attached hydrogen (secondary N) is 1. The van der Waals surface area contributed by atoms with Crippen molar-refractivity contribution in [2.24, 2.45) is 0 Å². The molecule has 1 aromatic heterocycles. The highest BCUT2D eigenvalue weighted by Crippen LogP contribution is 2.34. The minimum absolute atomic E-state index is 0.383. The Morgan fingerprint density at radius 3 is 2.64 bits per heavy atom. The third-order valence-corrected chi connectivity index (χ3v) is 6.15. The lowest BCUT2D eigenvalue weighted by Crippen LogP contribution is -2.36. The first-order valence-electron chi connectivity index (χ1n) is 11.5. The third-order valence-electron chi connectivity index (χ3n) is 5.90. The lowest BCUT2D eigenvalue weighted by atomic mass is 10.1. The highest BCUT2D eigenvalue weighted by atomic mass is 35.5. The van der Waals surface area contributed by atoms with Crippen molar-refractivity contribution in [1.82, 2.24) is 9.97 Å². The normalized spacial score (nSPS) is 13.3. The Morgan fingerprint density at radius 2 is 1.89 bits per heavy atom. The number of hydrogen-bond donors (Lipinski definition) is 1. The molecule has 0 spiro atoms. The van der Waals surface area contributed by atoms with Crippen molar-refractivity contribution in [1.29, 1.82) is 5.26 Å². The molecule has 1 fully saturated rings. The standard InChI is InChI=1S/C27H24ClN5O3/c1-34-25-14-20(6-9-24(25)36-17-18-2-4-19(28)5-3-18)31-22-7-8-23-27(21(22)15-29)32-26(16-30-23)33-10-12-35-13-11-33/h2-9,14,16,31H,10-13,17H2,1H3. The van der Waals surface area contributed by atoms with Crippen LogP contribution < -0.4 is 19.7 Å². The van der Waals surface area contributed by atoms with E-state index in [1.807, 2.05) is 54.6 Å². The lowest BCUT2D eigenvalue weighted by molar-refractivity contribution is 0.122. The number of rotatable bonds is 7. The molecule has 1 saturated heterocycles. The van der Waals surface area contributed by atoms with Crippen molar-refractivity contribution >= 4 is 39.8 Å². The Labute approximate surface area is 214 Å². The van der Waals surface area contributed by atoms with Gasteiger partial charge in [-0.2, -0.15) is 5.26 Å². The van der Waals surface area contributed by atoms with Crippen LogP contribution in [0.3, 0.4) is 0 Å². The van der Waals surface area contributed by atoms with Gasteiger partial charge in [0, 0.05) is 29.9 Å². The number of fused-ring (bicyclic) bond motifs is 1. The maximum Gasteiger partial charge on any atom is 0.162 e. The summed E-state index contributed by atoms with van der Waals surface area (Å²) in [4.78, 5) is 11.4. The van der Waals surface area contributed by atoms with Crippen LogP contribution >= 0.6 is 11.6 Å². The lowest BCUT2D eigenvalue weighted by Gasteiger charge is -2.27. The van der Waals surface area contributed by atoms with Crippen LogP contribution in [-0.4, -0.2) is 43.4 Å². The Bertz CT molecular complexity index is 1420. The second-order valence-corrected chi connectivity index (χ2v) is 8.64. The van der Waals surface area contributed by atoms with Crippen LogP contribution in [0.15, 0.2) is 60.8 Å². The van der Waals surface area contributed by atoms with Crippen LogP contribution in [0.1, 0.15) is 11.1 Å². The van der Waals surface area contributed by atoms with Crippen molar-refractivity contribution in [3.63, 3.8) is 0 Å². The van der Waals surface area contributed by atoms with Gasteiger partial charge < -0.3 is 24.4 Å². The van der Waals surface area contributed by atoms with Gasteiger partial charge in [0.05, 0.1) is 37.7 Å². The van der Waals surface area contributed by atoms with E-state index in [1.54, 1.807) is 13.3 Å². The molecule has 9 heteroatoms. The van der Waals surface area contributed by atoms with Gasteiger partial charge in [0.25, 0.3) is 0 Å². The molecular formula is C27H24ClN5O3. The van der Waals surface area contributed by atoms with Crippen LogP contribution in [0.4, 0.5) is 17.2 Å². The van der Waals surface area contributed by atoms with Crippen LogP contribution in [0.25, 0.3) is 11.0 Å². The monoisotopic (exact) mass is 501 g/mol. The van der Waals surface area contributed by atoms with E-state index in [2.05, 4.69) is 21.3 Å². The highest BCUT2D eigenvalue weighted by Gasteiger charge is 2.17. The Morgan fingerprint density at radius 1 is 1.08 bits per heavy atom. The van der Waals surface area contributed by atoms with Gasteiger partial charge in [-0.05, 0) is 42.0 Å². The summed E-state index contributed by atoms with van der Waals surface area (Å²) in [5.41, 5.74) is 4.03. The predicted octanol–water partition coefficient (Wildman–Crippen LogP) is 5.32. The molecule has 36 heavy (non-hydrogen) atoms. The molecule has 0 saturated carbocycles. The molecule has 5 rings (SSSR count). The van der Waals surface area contributed by atoms with E-state index in [-0.39, 0.29) is 0 Å². The van der Waals surface area contributed by atoms with Crippen LogP contribution in [-0.2, 0) is 11.3 Å². The van der Waals surface area contributed by atoms with E-state index >= 15 is 0 Å². The molecule has 0 aliphatic carbocycles. The number of morpholine rings is 1. The van der Waals surface area contributed by atoms with Crippen LogP contribution in [0, 0.1) is 11.3 Å². The molecule has 2 heterocycles. The summed E-state index contributed by atoms with van der Waals surface area (Å²) in [5, 5.41) is 14.0. The van der Waals surface area contributed by atoms with E-state index in [4.69, 9.17) is 30.8 Å². The van der Waals surface area contributed by atoms with Gasteiger partial charge in [-0.3, -0.25) is 4.98 Å². The van der Waals surface area contributed by atoms with E-state index in [0.29, 0.717) is 58.6 Å². The van der Waals surface area contributed by atoms with Crippen molar-refractivity contribution in [3.05, 3.63) is 76.9 Å². The van der Waals surface area contributed by atoms with Gasteiger partial charge in [0.1, 0.15) is 29.6 Å². The summed E-state index contributed by atoms with van der Waals surface area (Å²) in [6.07, 6.45) is 1.75. The number of benzene rings is 3. The molecule has 3 aromatic carbocycles. The maximum atomic E-state index is 9.99. The first-order chi connectivity index (χ1) is 17.6. The molecule has 182 valence electrons. The van der Waals surface area contributed by atoms with Gasteiger partial charge in [-0.1, -0.05) is 23.7 Å². The van der Waals surface area contributed by atoms with Crippen molar-refractivity contribution < 1.29 is 14.2 Å². The Hall–Kier alpha value is -4.06. The number of aromatic nitrogens is 2. The fourth-order valence-electron chi connectivity index (χ4n) is 3.99. The summed E-state index contributed by atoms with van der Waals surface area (Å²) >= 11 is 5.96. The summed E-state index contributed by atoms with van der Waals surface area (Å²) in [7, 11) is 1.59. The molecule has 0 amide bonds. The zero-order valence-electron chi connectivity index (χ0n) is 19.7. The smallest absolute Gasteiger partial charge is 0.162 e. The first kappa shape index (κ1) is 23.7. The quantitative estimate of drug-likeness (QED) is 0.363. The maximum absolute atomic E-state index is 9.99. The topological polar surface area (TPSA) is 92.5 Å². The van der Waals surface area contributed by atoms with Crippen LogP contribution in [0.5, 0.6) is 11.5 Å². The SMILES string of the molecule is COc1cc(Nc2ccc3ncc(N4CCOCC4)nc3c2C#N)ccc1OCc1ccc(Cl)cc1. The molecule has 8 nitrogen and oxygen atoms in total. The van der Waals surface area contributed by atoms with Crippen molar-refractivity contribution in [2.45, 2.75) is 6.61 Å². The van der Waals surface area contributed by atoms with Crippen molar-refractivity contribution in [2.75, 3.05) is 43.6 Å². The predicted molar refractivity (Wildman–Crippen MR) is 139 cm³/mol. The largest absolute Gasteiger partial charge is 0.493 e. The number of ether oxygens (including phenoxy) is 3. The second-order valence-electron chi connectivity index (χ2n) is 8.20. The van der Waals surface area contributed by atoms with E-state index in [9.17, 15) is 5.26 Å². The third kappa shape index (κ3) is 5.13. The molecule has 0 radical (unpaired) electrons. The van der Waals surface area contributed by atoms with E-state index in [0.717, 1.165) is 30.2 Å². The fourth-order valence-corrected chi connectivity index (χ4v) is 4.12. The highest BCUT2D eigenvalue weighted by molar-refractivity contribution is 6.30. The van der Waals surface area contributed by atoms with E-state index < -0.39 is 0 Å². The number of methoxy groups -OCH3 is 1. The number of hydrogen-bond acceptors (Lipinski definition) is 8. The zero-order chi connectivity index (χ0) is 24.9. The molecule has 1 aliphatic heterocycles. The minimum Gasteiger partial charge on any atom is -0.493 e. The van der Waals surface area contributed by atoms with Gasteiger partial charge >= 0.3 is 0 Å². The number of halogens is 1. The van der Waals surface area contributed by atoms with Crippen molar-refractivity contribution in [3.8, 4) is 17.6 Å². The summed E-state index contributed by atoms with van der Waals surface area (Å²) < 4.78 is 16.9. The van der Waals surface area contributed by atoms with E-state index in [1.165, 1.54) is 0 Å². The molecule has 1 N–H and O–H groups in total. The molecular weight excluding hydrogens is 478 g/mol. The minimum atomic E-state index is 0.383. The summed E-state index contributed by atoms with van der Waals surface area (Å²) in [6, 6.07) is 19.0. The first-order valence-corrected chi connectivity index (χ1v) is 11.9. The molecule has 0 bridgehead atoms. The Balaban J connectivity index is 1.39. The molecule has 4 aromatic rings. The summed E-state index contributed by atoms with van der Waals surface area (Å²) in [6.45, 7) is 3.16. The average molecular weight is 502 g/mol. The van der Waals surface area contributed by atoms with Gasteiger partial charge in [-0.15, -0.1) is 0 Å². The molecule has 0 atom stereocenters. The van der Waals surface area contributed by atoms with Gasteiger partial charge in [0.15, 0.2) is 11.5 Å². The summed E-state index contributed by atoms with van der Waals surface area (Å²) in [5.74, 6) is 1.92. The fraction of sp³-hybridized carbons (Fsp3) is 0.222. The molecule has 1 aliphatic rings. The number of nitriles is 1. The van der Waals surface area contributed by atoms with Gasteiger partial charge in [0.2, 0.25) is 0 Å². The number of anilines is 3. The average Bonchev–Trinajstić information content (AvgIpc) is 2.93. The molecule has 0 unspecified atom stereocenters. The van der Waals surface area contributed by atoms with Crippen LogP contribution in [0.2, 0.25) is 5.02 Å². The second kappa shape index (κ2) is 10.7. The van der Waals surface area contributed by atoms with Gasteiger partial charge in [-0.25, -0.2) is 4.98 Å². The Kier molecular flexibility index (Phi) is 7.03.